The van der Waals surface area contributed by atoms with Crippen LogP contribution in [0.4, 0.5) is 5.82 Å². The summed E-state index contributed by atoms with van der Waals surface area (Å²) in [6.45, 7) is 3.55. The van der Waals surface area contributed by atoms with Gasteiger partial charge in [0, 0.05) is 25.6 Å². The topological polar surface area (TPSA) is 180 Å². The van der Waals surface area contributed by atoms with Gasteiger partial charge in [0.1, 0.15) is 11.9 Å². The molecular weight excluding hydrogens is 640 g/mol. The zero-order chi connectivity index (χ0) is 33.1. The number of hydrogen-bond acceptors (Lipinski definition) is 14. The fourth-order valence-corrected chi connectivity index (χ4v) is 6.08. The minimum absolute atomic E-state index is 0.0229. The number of nitrogens with zero attached hydrogens (tertiary/aromatic N) is 5. The van der Waals surface area contributed by atoms with Gasteiger partial charge in [-0.1, -0.05) is 36.3 Å². The average molecular weight is 669 g/mol. The first kappa shape index (κ1) is 32.8. The molecule has 1 fully saturated rings. The molecular formula is C30H29ClN6O8S. The van der Waals surface area contributed by atoms with E-state index in [1.54, 1.807) is 17.8 Å². The van der Waals surface area contributed by atoms with E-state index < -0.39 is 54.2 Å². The Balaban J connectivity index is 1.62. The highest BCUT2D eigenvalue weighted by atomic mass is 35.5. The van der Waals surface area contributed by atoms with Crippen LogP contribution < -0.4 is 5.73 Å². The Kier molecular flexibility index (Phi) is 9.54. The van der Waals surface area contributed by atoms with E-state index in [-0.39, 0.29) is 35.5 Å². The number of anilines is 1. The van der Waals surface area contributed by atoms with Gasteiger partial charge in [0.2, 0.25) is 22.6 Å². The zero-order valence-corrected chi connectivity index (χ0v) is 26.5. The number of carbonyl (C=O) groups excluding carboxylic acids is 3. The monoisotopic (exact) mass is 668 g/mol. The molecule has 0 saturated carbocycles. The maximum Gasteiger partial charge on any atom is 0.345 e. The number of carbonyl (C=O) groups is 3. The fourth-order valence-electron chi connectivity index (χ4n) is 5.29. The normalized spacial score (nSPS) is 22.1. The van der Waals surface area contributed by atoms with Gasteiger partial charge in [-0.3, -0.25) is 9.59 Å². The summed E-state index contributed by atoms with van der Waals surface area (Å²) in [5.74, 6) is 0.234. The van der Waals surface area contributed by atoms with Crippen molar-refractivity contribution in [3.8, 4) is 12.3 Å². The van der Waals surface area contributed by atoms with E-state index in [4.69, 9.17) is 47.4 Å². The number of nitrogen functional groups attached to an aromatic ring is 1. The van der Waals surface area contributed by atoms with Crippen LogP contribution in [0.25, 0.3) is 11.0 Å². The SMILES string of the molecule is C#C[C@@]1(OC(C)=O)[C@@H](COC(Cc2ccccc2)(C(=O)OCC)c2cscn2)O[C@@H](n2ncc3c(N)nc(Cl)nc32)[C@@H]1OC(C)=O. The van der Waals surface area contributed by atoms with Crippen LogP contribution in [0, 0.1) is 12.3 Å². The van der Waals surface area contributed by atoms with Crippen molar-refractivity contribution in [2.24, 2.45) is 0 Å². The molecule has 0 aliphatic carbocycles. The van der Waals surface area contributed by atoms with Crippen molar-refractivity contribution in [2.45, 2.75) is 56.8 Å². The third-order valence-electron chi connectivity index (χ3n) is 7.22. The van der Waals surface area contributed by atoms with Gasteiger partial charge in [-0.05, 0) is 24.1 Å². The third kappa shape index (κ3) is 6.12. The summed E-state index contributed by atoms with van der Waals surface area (Å²) in [6.07, 6.45) is 3.31. The van der Waals surface area contributed by atoms with E-state index in [0.717, 1.165) is 19.4 Å². The zero-order valence-electron chi connectivity index (χ0n) is 24.9. The molecule has 5 rings (SSSR count). The first-order valence-corrected chi connectivity index (χ1v) is 15.3. The highest BCUT2D eigenvalue weighted by Crippen LogP contribution is 2.44. The van der Waals surface area contributed by atoms with Crippen molar-refractivity contribution in [2.75, 3.05) is 18.9 Å². The summed E-state index contributed by atoms with van der Waals surface area (Å²) in [4.78, 5) is 51.3. The lowest BCUT2D eigenvalue weighted by Crippen LogP contribution is -2.54. The van der Waals surface area contributed by atoms with Gasteiger partial charge in [-0.25, -0.2) is 19.4 Å². The van der Waals surface area contributed by atoms with Gasteiger partial charge in [-0.15, -0.1) is 17.8 Å². The van der Waals surface area contributed by atoms with Gasteiger partial charge >= 0.3 is 17.9 Å². The molecule has 46 heavy (non-hydrogen) atoms. The molecule has 0 amide bonds. The largest absolute Gasteiger partial charge is 0.464 e. The molecule has 0 bridgehead atoms. The maximum absolute atomic E-state index is 13.8. The van der Waals surface area contributed by atoms with Crippen LogP contribution in [0.15, 0.2) is 47.4 Å². The molecule has 4 heterocycles. The van der Waals surface area contributed by atoms with Gasteiger partial charge in [-0.2, -0.15) is 10.1 Å². The predicted octanol–water partition coefficient (Wildman–Crippen LogP) is 3.00. The Labute approximate surface area is 272 Å². The van der Waals surface area contributed by atoms with Crippen LogP contribution in [0.1, 0.15) is 38.3 Å². The quantitative estimate of drug-likeness (QED) is 0.107. The molecule has 1 aromatic carbocycles. The van der Waals surface area contributed by atoms with Crippen LogP contribution in [0.5, 0.6) is 0 Å². The smallest absolute Gasteiger partial charge is 0.345 e. The molecule has 14 nitrogen and oxygen atoms in total. The molecule has 0 radical (unpaired) electrons. The Morgan fingerprint density at radius 3 is 2.61 bits per heavy atom. The van der Waals surface area contributed by atoms with Crippen molar-refractivity contribution >= 4 is 57.7 Å². The number of benzene rings is 1. The number of nitrogens with two attached hydrogens (primary N) is 1. The van der Waals surface area contributed by atoms with Crippen molar-refractivity contribution in [3.63, 3.8) is 0 Å². The van der Waals surface area contributed by atoms with E-state index in [1.807, 2.05) is 30.3 Å². The van der Waals surface area contributed by atoms with Crippen molar-refractivity contribution in [1.29, 1.82) is 0 Å². The Morgan fingerprint density at radius 2 is 1.98 bits per heavy atom. The number of rotatable bonds is 11. The van der Waals surface area contributed by atoms with E-state index in [9.17, 15) is 14.4 Å². The second kappa shape index (κ2) is 13.4. The maximum atomic E-state index is 13.8. The third-order valence-corrected chi connectivity index (χ3v) is 7.98. The lowest BCUT2D eigenvalue weighted by atomic mass is 9.90. The second-order valence-electron chi connectivity index (χ2n) is 10.2. The van der Waals surface area contributed by atoms with E-state index in [1.165, 1.54) is 22.2 Å². The molecule has 16 heteroatoms. The average Bonchev–Trinajstić information content (AvgIpc) is 3.75. The number of ether oxygens (including phenoxy) is 5. The molecule has 1 aliphatic rings. The van der Waals surface area contributed by atoms with Crippen LogP contribution in [-0.4, -0.2) is 73.7 Å². The minimum atomic E-state index is -2.07. The summed E-state index contributed by atoms with van der Waals surface area (Å²) in [7, 11) is 0. The van der Waals surface area contributed by atoms with Gasteiger partial charge in [0.25, 0.3) is 0 Å². The summed E-state index contributed by atoms with van der Waals surface area (Å²) in [5, 5.41) is 6.15. The highest BCUT2D eigenvalue weighted by Gasteiger charge is 2.63. The van der Waals surface area contributed by atoms with Gasteiger partial charge in [0.05, 0.1) is 36.0 Å². The number of esters is 3. The minimum Gasteiger partial charge on any atom is -0.464 e. The summed E-state index contributed by atoms with van der Waals surface area (Å²) in [5.41, 5.74) is 4.89. The summed E-state index contributed by atoms with van der Waals surface area (Å²) >= 11 is 7.35. The van der Waals surface area contributed by atoms with Gasteiger partial charge < -0.3 is 29.4 Å². The van der Waals surface area contributed by atoms with Crippen LogP contribution >= 0.6 is 22.9 Å². The molecule has 2 N–H and O–H groups in total. The number of terminal acetylenes is 1. The molecule has 3 aromatic heterocycles. The first-order chi connectivity index (χ1) is 22.0. The molecule has 0 spiro atoms. The lowest BCUT2D eigenvalue weighted by Gasteiger charge is -2.35. The molecule has 1 unspecified atom stereocenters. The van der Waals surface area contributed by atoms with Crippen LogP contribution in [0.2, 0.25) is 5.28 Å². The highest BCUT2D eigenvalue weighted by molar-refractivity contribution is 7.07. The molecule has 1 saturated heterocycles. The molecule has 1 aliphatic heterocycles. The lowest BCUT2D eigenvalue weighted by molar-refractivity contribution is -0.190. The van der Waals surface area contributed by atoms with Crippen molar-refractivity contribution < 1.29 is 38.1 Å². The van der Waals surface area contributed by atoms with Crippen LogP contribution in [0.3, 0.4) is 0 Å². The number of hydrogen-bond donors (Lipinski definition) is 1. The Morgan fingerprint density at radius 1 is 1.22 bits per heavy atom. The second-order valence-corrected chi connectivity index (χ2v) is 11.2. The van der Waals surface area contributed by atoms with E-state index >= 15 is 0 Å². The fraction of sp³-hybridized carbons (Fsp3) is 0.367. The Hall–Kier alpha value is -4.62. The molecule has 4 aromatic rings. The number of fused-ring (bicyclic) bond motifs is 1. The predicted molar refractivity (Wildman–Crippen MR) is 164 cm³/mol. The van der Waals surface area contributed by atoms with Crippen molar-refractivity contribution in [1.82, 2.24) is 24.7 Å². The molecule has 5 atom stereocenters. The van der Waals surface area contributed by atoms with E-state index in [0.29, 0.717) is 5.39 Å². The van der Waals surface area contributed by atoms with E-state index in [2.05, 4.69) is 26.0 Å². The number of thiazole rings is 1. The first-order valence-electron chi connectivity index (χ1n) is 13.9. The Bertz CT molecular complexity index is 1780. The van der Waals surface area contributed by atoms with Gasteiger partial charge in [0.15, 0.2) is 11.9 Å². The number of halogens is 1. The summed E-state index contributed by atoms with van der Waals surface area (Å²) in [6, 6.07) is 9.14. The molecule has 240 valence electrons. The summed E-state index contributed by atoms with van der Waals surface area (Å²) < 4.78 is 31.0. The standard InChI is InChI=1S/C30H29ClN6O8S/c1-5-29(45-18(4)39)22(44-26(23(29)43-17(3)38)37-25-20(13-34-37)24(32)35-28(31)36-25)14-42-30(27(40)41-6-2,21-15-46-16-33-21)12-19-10-8-7-9-11-19/h1,7-11,13,15-16,22-23,26H,6,12,14H2,2-4H3,(H2,32,35,36)/t22-,23+,26-,29-,30?/m1/s1. The number of aromatic nitrogens is 5. The van der Waals surface area contributed by atoms with Crippen LogP contribution in [-0.2, 0) is 50.1 Å². The van der Waals surface area contributed by atoms with Crippen molar-refractivity contribution in [3.05, 3.63) is 64.0 Å².